The summed E-state index contributed by atoms with van der Waals surface area (Å²) in [6, 6.07) is 13.5. The number of nitrogens with one attached hydrogen (secondary N) is 3. The molecule has 240 valence electrons. The Labute approximate surface area is 269 Å². The summed E-state index contributed by atoms with van der Waals surface area (Å²) in [7, 11) is 0. The van der Waals surface area contributed by atoms with Crippen LogP contribution in [0.1, 0.15) is 61.8 Å². The maximum atomic E-state index is 14.5. The Morgan fingerprint density at radius 2 is 1.87 bits per heavy atom. The number of benzene rings is 2. The molecule has 11 heteroatoms. The number of rotatable bonds is 15. The van der Waals surface area contributed by atoms with Crippen LogP contribution in [0.25, 0.3) is 0 Å². The lowest BCUT2D eigenvalue weighted by atomic mass is 9.83. The van der Waals surface area contributed by atoms with Crippen LogP contribution < -0.4 is 16.0 Å². The fourth-order valence-electron chi connectivity index (χ4n) is 6.23. The van der Waals surface area contributed by atoms with Crippen molar-refractivity contribution in [1.82, 2.24) is 20.9 Å². The Morgan fingerprint density at radius 3 is 2.47 bits per heavy atom. The molecule has 0 bridgehead atoms. The van der Waals surface area contributed by atoms with Gasteiger partial charge in [-0.15, -0.1) is 0 Å². The van der Waals surface area contributed by atoms with E-state index in [9.17, 15) is 29.5 Å². The van der Waals surface area contributed by atoms with E-state index in [0.29, 0.717) is 37.2 Å². The van der Waals surface area contributed by atoms with Crippen molar-refractivity contribution in [2.75, 3.05) is 12.0 Å². The van der Waals surface area contributed by atoms with Crippen LogP contribution in [0.3, 0.4) is 0 Å². The van der Waals surface area contributed by atoms with Gasteiger partial charge in [0, 0.05) is 25.6 Å². The first-order chi connectivity index (χ1) is 21.7. The van der Waals surface area contributed by atoms with Crippen LogP contribution in [-0.4, -0.2) is 75.8 Å². The molecule has 2 aliphatic heterocycles. The van der Waals surface area contributed by atoms with Crippen molar-refractivity contribution in [3.63, 3.8) is 0 Å². The summed E-state index contributed by atoms with van der Waals surface area (Å²) >= 11 is 1.51. The number of amides is 2. The van der Waals surface area contributed by atoms with Crippen molar-refractivity contribution in [1.29, 1.82) is 5.26 Å². The first-order valence-corrected chi connectivity index (χ1v) is 17.0. The average molecular weight is 634 g/mol. The van der Waals surface area contributed by atoms with Gasteiger partial charge in [-0.2, -0.15) is 17.0 Å². The molecule has 4 rings (SSSR count). The highest BCUT2D eigenvalue weighted by Crippen LogP contribution is 2.31. The van der Waals surface area contributed by atoms with E-state index in [2.05, 4.69) is 35.9 Å². The molecule has 2 aromatic carbocycles. The molecule has 6 atom stereocenters. The monoisotopic (exact) mass is 633 g/mol. The number of Topliss-reactive ketones (excluding diaryl/α,β-unsaturated/α-hetero) is 1. The predicted octanol–water partition coefficient (Wildman–Crippen LogP) is 3.03. The molecule has 2 amide bonds. The van der Waals surface area contributed by atoms with Gasteiger partial charge in [0.2, 0.25) is 11.8 Å². The molecule has 4 N–H and O–H groups in total. The third kappa shape index (κ3) is 8.51. The molecule has 0 radical (unpaired) electrons. The van der Waals surface area contributed by atoms with E-state index in [1.807, 2.05) is 47.6 Å². The summed E-state index contributed by atoms with van der Waals surface area (Å²) < 4.78 is 0. The van der Waals surface area contributed by atoms with Crippen LogP contribution in [0.4, 0.5) is 0 Å². The zero-order valence-corrected chi connectivity index (χ0v) is 26.9. The Hall–Kier alpha value is -3.72. The number of ketones is 1. The second-order valence-electron chi connectivity index (χ2n) is 11.9. The molecule has 1 saturated heterocycles. The van der Waals surface area contributed by atoms with E-state index in [0.717, 1.165) is 23.1 Å². The fraction of sp³-hybridized carbons (Fsp3) is 0.500. The quantitative estimate of drug-likeness (QED) is 0.232. The number of hydrogen-bond acceptors (Lipinski definition) is 8. The molecule has 2 aromatic rings. The maximum Gasteiger partial charge on any atom is 0.326 e. The minimum atomic E-state index is -1.09. The fourth-order valence-corrected chi connectivity index (χ4v) is 6.70. The standard InChI is InChI=1S/C34H43N5O5S/c1-4-21(2)30(36-19-23-11-9-22(18-35)10-12-23)31(32(41)26-13-14-29(40)37-26)39-20-25-8-6-5-7-24(25)17-28(39)33(42)38-27(34(43)44)15-16-45-3/h5-12,21,26-28,30-31,36H,4,13-17,19-20H2,1-3H3,(H,37,40)(H,38,42)(H,43,44)/t21-,26?,27?,28-,30-,31?/m0/s1. The van der Waals surface area contributed by atoms with Crippen LogP contribution in [0, 0.1) is 17.2 Å². The lowest BCUT2D eigenvalue weighted by molar-refractivity contribution is -0.144. The van der Waals surface area contributed by atoms with Gasteiger partial charge in [0.25, 0.3) is 0 Å². The molecule has 45 heavy (non-hydrogen) atoms. The second kappa shape index (κ2) is 16.0. The number of carboxylic acids is 1. The van der Waals surface area contributed by atoms with E-state index in [-0.39, 0.29) is 30.4 Å². The van der Waals surface area contributed by atoms with Gasteiger partial charge in [-0.25, -0.2) is 4.79 Å². The highest BCUT2D eigenvalue weighted by atomic mass is 32.2. The van der Waals surface area contributed by atoms with Crippen molar-refractivity contribution in [2.24, 2.45) is 5.92 Å². The topological polar surface area (TPSA) is 152 Å². The summed E-state index contributed by atoms with van der Waals surface area (Å²) in [6.45, 7) is 4.87. The lowest BCUT2D eigenvalue weighted by Gasteiger charge is -2.45. The number of fused-ring (bicyclic) bond motifs is 1. The summed E-state index contributed by atoms with van der Waals surface area (Å²) in [5.74, 6) is -1.28. The maximum absolute atomic E-state index is 14.5. The van der Waals surface area contributed by atoms with E-state index >= 15 is 0 Å². The van der Waals surface area contributed by atoms with Gasteiger partial charge in [-0.1, -0.05) is 56.7 Å². The normalized spacial score (nSPS) is 20.6. The van der Waals surface area contributed by atoms with Crippen LogP contribution in [0.5, 0.6) is 0 Å². The van der Waals surface area contributed by atoms with Gasteiger partial charge in [-0.3, -0.25) is 19.3 Å². The third-order valence-electron chi connectivity index (χ3n) is 9.02. The SMILES string of the molecule is CC[C@H](C)[C@H](NCc1ccc(C#N)cc1)C(C(=O)C1CCC(=O)N1)N1Cc2ccccc2C[C@H]1C(=O)NC(CCSC)C(=O)O. The smallest absolute Gasteiger partial charge is 0.326 e. The van der Waals surface area contributed by atoms with Crippen molar-refractivity contribution >= 4 is 35.3 Å². The summed E-state index contributed by atoms with van der Waals surface area (Å²) in [5, 5.41) is 28.3. The zero-order chi connectivity index (χ0) is 32.5. The van der Waals surface area contributed by atoms with Crippen LogP contribution in [0.2, 0.25) is 0 Å². The number of carbonyl (C=O) groups is 4. The van der Waals surface area contributed by atoms with Crippen molar-refractivity contribution in [2.45, 2.75) is 89.3 Å². The van der Waals surface area contributed by atoms with Crippen molar-refractivity contribution in [3.8, 4) is 6.07 Å². The minimum absolute atomic E-state index is 0.00339. The first kappa shape index (κ1) is 34.2. The molecule has 0 aromatic heterocycles. The molecule has 0 spiro atoms. The average Bonchev–Trinajstić information content (AvgIpc) is 3.49. The Balaban J connectivity index is 1.75. The zero-order valence-electron chi connectivity index (χ0n) is 26.1. The molecule has 1 fully saturated rings. The van der Waals surface area contributed by atoms with Gasteiger partial charge >= 0.3 is 5.97 Å². The number of carbonyl (C=O) groups excluding carboxylic acids is 3. The van der Waals surface area contributed by atoms with E-state index in [4.69, 9.17) is 0 Å². The van der Waals surface area contributed by atoms with Gasteiger partial charge in [0.05, 0.1) is 29.8 Å². The molecule has 10 nitrogen and oxygen atoms in total. The number of hydrogen-bond donors (Lipinski definition) is 4. The van der Waals surface area contributed by atoms with Crippen molar-refractivity contribution < 1.29 is 24.3 Å². The summed E-state index contributed by atoms with van der Waals surface area (Å²) in [5.41, 5.74) is 3.48. The molecular weight excluding hydrogens is 590 g/mol. The summed E-state index contributed by atoms with van der Waals surface area (Å²) in [6.07, 6.45) is 3.89. The van der Waals surface area contributed by atoms with Gasteiger partial charge < -0.3 is 21.1 Å². The molecule has 2 heterocycles. The van der Waals surface area contributed by atoms with Gasteiger partial charge in [0.1, 0.15) is 6.04 Å². The summed E-state index contributed by atoms with van der Waals surface area (Å²) in [4.78, 5) is 54.9. The molecule has 0 saturated carbocycles. The number of nitriles is 1. The number of carboxylic acid groups (broad SMARTS) is 1. The first-order valence-electron chi connectivity index (χ1n) is 15.6. The third-order valence-corrected chi connectivity index (χ3v) is 9.67. The molecule has 2 aliphatic rings. The number of nitrogens with zero attached hydrogens (tertiary/aromatic N) is 2. The molecular formula is C34H43N5O5S. The van der Waals surface area contributed by atoms with E-state index in [1.165, 1.54) is 11.8 Å². The highest BCUT2D eigenvalue weighted by Gasteiger charge is 2.46. The largest absolute Gasteiger partial charge is 0.480 e. The van der Waals surface area contributed by atoms with Gasteiger partial charge in [0.15, 0.2) is 5.78 Å². The lowest BCUT2D eigenvalue weighted by Crippen LogP contribution is -2.65. The van der Waals surface area contributed by atoms with E-state index in [1.54, 1.807) is 12.1 Å². The Bertz CT molecular complexity index is 1410. The number of thioether (sulfide) groups is 1. The predicted molar refractivity (Wildman–Crippen MR) is 173 cm³/mol. The van der Waals surface area contributed by atoms with Crippen molar-refractivity contribution in [3.05, 3.63) is 70.8 Å². The Kier molecular flexibility index (Phi) is 12.2. The number of aliphatic carboxylic acids is 1. The molecule has 3 unspecified atom stereocenters. The second-order valence-corrected chi connectivity index (χ2v) is 12.9. The van der Waals surface area contributed by atoms with Gasteiger partial charge in [-0.05, 0) is 66.0 Å². The van der Waals surface area contributed by atoms with Crippen LogP contribution >= 0.6 is 11.8 Å². The Morgan fingerprint density at radius 1 is 1.16 bits per heavy atom. The van der Waals surface area contributed by atoms with E-state index < -0.39 is 42.1 Å². The highest BCUT2D eigenvalue weighted by molar-refractivity contribution is 7.98. The minimum Gasteiger partial charge on any atom is -0.480 e. The molecule has 0 aliphatic carbocycles. The van der Waals surface area contributed by atoms with Crippen LogP contribution in [-0.2, 0) is 38.7 Å². The van der Waals surface area contributed by atoms with Crippen LogP contribution in [0.15, 0.2) is 48.5 Å².